The van der Waals surface area contributed by atoms with Gasteiger partial charge in [-0.2, -0.15) is 0 Å². The van der Waals surface area contributed by atoms with Crippen molar-refractivity contribution in [3.05, 3.63) is 17.4 Å². The summed E-state index contributed by atoms with van der Waals surface area (Å²) in [6.07, 6.45) is 5.07. The molecule has 0 radical (unpaired) electrons. The fraction of sp³-hybridized carbons (Fsp3) is 0.632. The maximum atomic E-state index is 14.6. The van der Waals surface area contributed by atoms with Crippen molar-refractivity contribution < 1.29 is 28.5 Å². The Bertz CT molecular complexity index is 545. The molecule has 1 rings (SSSR count). The van der Waals surface area contributed by atoms with Crippen LogP contribution in [0.3, 0.4) is 0 Å². The monoisotopic (exact) mass is 356 g/mol. The van der Waals surface area contributed by atoms with Crippen LogP contribution in [0.5, 0.6) is 17.2 Å². The maximum absolute atomic E-state index is 14.6. The number of aromatic carboxylic acids is 1. The second-order valence-corrected chi connectivity index (χ2v) is 5.81. The number of unbranched alkanes of at least 4 members (excludes halogenated alkanes) is 3. The van der Waals surface area contributed by atoms with Gasteiger partial charge >= 0.3 is 5.97 Å². The first-order valence-corrected chi connectivity index (χ1v) is 9.04. The van der Waals surface area contributed by atoms with Crippen LogP contribution in [0.15, 0.2) is 6.07 Å². The van der Waals surface area contributed by atoms with Gasteiger partial charge in [-0.15, -0.1) is 0 Å². The van der Waals surface area contributed by atoms with E-state index in [9.17, 15) is 14.3 Å². The SMILES string of the molecule is CCCCOc1cc(C(=O)O)c(F)c(OCCCC)c1OCCCC. The molecular formula is C19H29FO5. The molecule has 0 aliphatic heterocycles. The van der Waals surface area contributed by atoms with E-state index in [1.54, 1.807) is 0 Å². The van der Waals surface area contributed by atoms with Crippen molar-refractivity contribution in [2.24, 2.45) is 0 Å². The standard InChI is InChI=1S/C19H29FO5/c1-4-7-10-23-15-13-14(19(21)22)16(20)18(25-12-9-6-3)17(15)24-11-8-5-2/h13H,4-12H2,1-3H3,(H,21,22). The van der Waals surface area contributed by atoms with Gasteiger partial charge in [-0.05, 0) is 19.3 Å². The quantitative estimate of drug-likeness (QED) is 0.500. The Morgan fingerprint density at radius 1 is 0.920 bits per heavy atom. The van der Waals surface area contributed by atoms with Gasteiger partial charge in [0.25, 0.3) is 0 Å². The van der Waals surface area contributed by atoms with Gasteiger partial charge < -0.3 is 19.3 Å². The highest BCUT2D eigenvalue weighted by molar-refractivity contribution is 5.90. The van der Waals surface area contributed by atoms with E-state index in [-0.39, 0.29) is 23.9 Å². The average molecular weight is 356 g/mol. The van der Waals surface area contributed by atoms with Crippen molar-refractivity contribution in [2.45, 2.75) is 59.3 Å². The Kier molecular flexibility index (Phi) is 9.73. The van der Waals surface area contributed by atoms with E-state index < -0.39 is 17.3 Å². The summed E-state index contributed by atoms with van der Waals surface area (Å²) < 4.78 is 31.5. The summed E-state index contributed by atoms with van der Waals surface area (Å²) in [5, 5.41) is 9.27. The third-order valence-electron chi connectivity index (χ3n) is 3.62. The van der Waals surface area contributed by atoms with E-state index in [0.29, 0.717) is 13.2 Å². The third-order valence-corrected chi connectivity index (χ3v) is 3.62. The molecule has 1 aromatic carbocycles. The molecule has 0 atom stereocenters. The molecule has 0 spiro atoms. The van der Waals surface area contributed by atoms with Crippen molar-refractivity contribution in [1.29, 1.82) is 0 Å². The summed E-state index contributed by atoms with van der Waals surface area (Å²) >= 11 is 0. The van der Waals surface area contributed by atoms with E-state index in [4.69, 9.17) is 14.2 Å². The number of ether oxygens (including phenoxy) is 3. The highest BCUT2D eigenvalue weighted by Gasteiger charge is 2.25. The zero-order valence-corrected chi connectivity index (χ0v) is 15.4. The lowest BCUT2D eigenvalue weighted by Crippen LogP contribution is -2.11. The van der Waals surface area contributed by atoms with Gasteiger partial charge in [-0.3, -0.25) is 0 Å². The van der Waals surface area contributed by atoms with Gasteiger partial charge in [0.05, 0.1) is 19.8 Å². The van der Waals surface area contributed by atoms with Gasteiger partial charge in [0.15, 0.2) is 11.6 Å². The Balaban J connectivity index is 3.24. The van der Waals surface area contributed by atoms with E-state index in [1.165, 1.54) is 6.07 Å². The first-order valence-electron chi connectivity index (χ1n) is 9.04. The lowest BCUT2D eigenvalue weighted by molar-refractivity contribution is 0.0689. The summed E-state index contributed by atoms with van der Waals surface area (Å²) in [4.78, 5) is 11.4. The van der Waals surface area contributed by atoms with Crippen molar-refractivity contribution >= 4 is 5.97 Å². The van der Waals surface area contributed by atoms with Crippen LogP contribution in [0.4, 0.5) is 4.39 Å². The number of carboxylic acid groups (broad SMARTS) is 1. The van der Waals surface area contributed by atoms with Crippen LogP contribution in [-0.2, 0) is 0 Å². The minimum atomic E-state index is -1.36. The smallest absolute Gasteiger partial charge is 0.338 e. The minimum Gasteiger partial charge on any atom is -0.490 e. The summed E-state index contributed by atoms with van der Waals surface area (Å²) in [5.74, 6) is -2.08. The number of rotatable bonds is 13. The number of benzene rings is 1. The molecule has 1 aromatic rings. The normalized spacial score (nSPS) is 10.6. The largest absolute Gasteiger partial charge is 0.490 e. The number of halogens is 1. The fourth-order valence-electron chi connectivity index (χ4n) is 2.09. The highest BCUT2D eigenvalue weighted by Crippen LogP contribution is 2.42. The van der Waals surface area contributed by atoms with Gasteiger partial charge in [-0.25, -0.2) is 9.18 Å². The molecule has 0 amide bonds. The predicted octanol–water partition coefficient (Wildman–Crippen LogP) is 5.06. The zero-order valence-electron chi connectivity index (χ0n) is 15.4. The molecule has 0 heterocycles. The molecule has 0 saturated carbocycles. The van der Waals surface area contributed by atoms with Crippen molar-refractivity contribution in [2.75, 3.05) is 19.8 Å². The van der Waals surface area contributed by atoms with Gasteiger partial charge in [0, 0.05) is 6.07 Å². The van der Waals surface area contributed by atoms with Crippen LogP contribution < -0.4 is 14.2 Å². The molecule has 0 fully saturated rings. The van der Waals surface area contributed by atoms with E-state index in [1.807, 2.05) is 20.8 Å². The van der Waals surface area contributed by atoms with Crippen LogP contribution in [0.1, 0.15) is 69.7 Å². The summed E-state index contributed by atoms with van der Waals surface area (Å²) in [7, 11) is 0. The van der Waals surface area contributed by atoms with Crippen LogP contribution in [0.2, 0.25) is 0 Å². The summed E-state index contributed by atoms with van der Waals surface area (Å²) in [5.41, 5.74) is -0.471. The summed E-state index contributed by atoms with van der Waals surface area (Å²) in [6.45, 7) is 7.11. The molecule has 142 valence electrons. The molecule has 0 bridgehead atoms. The number of hydrogen-bond acceptors (Lipinski definition) is 4. The molecule has 6 heteroatoms. The molecule has 0 aromatic heterocycles. The van der Waals surface area contributed by atoms with Crippen molar-refractivity contribution in [3.63, 3.8) is 0 Å². The van der Waals surface area contributed by atoms with E-state index in [0.717, 1.165) is 38.5 Å². The van der Waals surface area contributed by atoms with Crippen LogP contribution in [0, 0.1) is 5.82 Å². The topological polar surface area (TPSA) is 65.0 Å². The Hall–Kier alpha value is -1.98. The molecule has 25 heavy (non-hydrogen) atoms. The number of carboxylic acids is 1. The first kappa shape index (κ1) is 21.1. The molecule has 0 unspecified atom stereocenters. The minimum absolute atomic E-state index is 0.156. The van der Waals surface area contributed by atoms with Gasteiger partial charge in [-0.1, -0.05) is 40.0 Å². The highest BCUT2D eigenvalue weighted by atomic mass is 19.1. The number of carbonyl (C=O) groups is 1. The van der Waals surface area contributed by atoms with E-state index >= 15 is 0 Å². The Morgan fingerprint density at radius 3 is 1.88 bits per heavy atom. The van der Waals surface area contributed by atoms with Crippen molar-refractivity contribution in [1.82, 2.24) is 0 Å². The van der Waals surface area contributed by atoms with Crippen molar-refractivity contribution in [3.8, 4) is 17.2 Å². The molecular weight excluding hydrogens is 327 g/mol. The third kappa shape index (κ3) is 6.44. The summed E-state index contributed by atoms with van der Waals surface area (Å²) in [6, 6.07) is 1.18. The van der Waals surface area contributed by atoms with Gasteiger partial charge in [0.2, 0.25) is 11.5 Å². The molecule has 0 aliphatic carbocycles. The lowest BCUT2D eigenvalue weighted by atomic mass is 10.1. The molecule has 1 N–H and O–H groups in total. The van der Waals surface area contributed by atoms with E-state index in [2.05, 4.69) is 0 Å². The predicted molar refractivity (Wildman–Crippen MR) is 94.6 cm³/mol. The molecule has 0 aliphatic rings. The fourth-order valence-corrected chi connectivity index (χ4v) is 2.09. The number of hydrogen-bond donors (Lipinski definition) is 1. The average Bonchev–Trinajstić information content (AvgIpc) is 2.58. The second-order valence-electron chi connectivity index (χ2n) is 5.81. The first-order chi connectivity index (χ1) is 12.1. The molecule has 0 saturated heterocycles. The lowest BCUT2D eigenvalue weighted by Gasteiger charge is -2.18. The molecule has 5 nitrogen and oxygen atoms in total. The second kappa shape index (κ2) is 11.6. The Morgan fingerprint density at radius 2 is 1.40 bits per heavy atom. The Labute approximate surface area is 149 Å². The van der Waals surface area contributed by atoms with Crippen LogP contribution in [-0.4, -0.2) is 30.9 Å². The van der Waals surface area contributed by atoms with Gasteiger partial charge in [0.1, 0.15) is 5.56 Å². The zero-order chi connectivity index (χ0) is 18.7. The maximum Gasteiger partial charge on any atom is 0.338 e. The van der Waals surface area contributed by atoms with Crippen LogP contribution in [0.25, 0.3) is 0 Å². The van der Waals surface area contributed by atoms with Crippen LogP contribution >= 0.6 is 0 Å².